The number of benzene rings is 1. The third-order valence-corrected chi connectivity index (χ3v) is 5.74. The van der Waals surface area contributed by atoms with Crippen molar-refractivity contribution in [3.8, 4) is 11.5 Å². The van der Waals surface area contributed by atoms with Crippen molar-refractivity contribution in [3.63, 3.8) is 0 Å². The lowest BCUT2D eigenvalue weighted by atomic mass is 10.2. The number of sulfone groups is 1. The number of nitrogens with zero attached hydrogens (tertiary/aromatic N) is 5. The van der Waals surface area contributed by atoms with Crippen LogP contribution in [0, 0.1) is 0 Å². The zero-order valence-electron chi connectivity index (χ0n) is 18.1. The molecule has 172 valence electrons. The number of hydrogen-bond donors (Lipinski definition) is 0. The van der Waals surface area contributed by atoms with Gasteiger partial charge in [0.25, 0.3) is 0 Å². The van der Waals surface area contributed by atoms with E-state index in [1.807, 2.05) is 0 Å². The Balaban J connectivity index is 2.29. The predicted molar refractivity (Wildman–Crippen MR) is 114 cm³/mol. The maximum Gasteiger partial charge on any atom is 0.416 e. The second-order valence-corrected chi connectivity index (χ2v) is 9.22. The maximum absolute atomic E-state index is 13.1. The first-order valence-electron chi connectivity index (χ1n) is 9.47. The number of hydrogen-bond acceptors (Lipinski definition) is 6. The Kier molecular flexibility index (Phi) is 6.18. The van der Waals surface area contributed by atoms with Gasteiger partial charge in [0.15, 0.2) is 21.5 Å². The third kappa shape index (κ3) is 4.54. The molecule has 0 radical (unpaired) electrons. The van der Waals surface area contributed by atoms with Gasteiger partial charge in [0.1, 0.15) is 18.0 Å². The van der Waals surface area contributed by atoms with E-state index in [0.717, 1.165) is 18.4 Å². The van der Waals surface area contributed by atoms with Crippen molar-refractivity contribution in [2.24, 2.45) is 12.2 Å². The van der Waals surface area contributed by atoms with Crippen molar-refractivity contribution >= 4 is 26.7 Å². The summed E-state index contributed by atoms with van der Waals surface area (Å²) in [5.41, 5.74) is -0.0640. The topological polar surface area (TPSA) is 89.7 Å². The molecule has 3 aromatic rings. The van der Waals surface area contributed by atoms with E-state index >= 15 is 0 Å². The minimum absolute atomic E-state index is 0.00306. The molecule has 2 aromatic heterocycles. The van der Waals surface area contributed by atoms with Crippen LogP contribution >= 0.6 is 0 Å². The number of alkyl halides is 3. The van der Waals surface area contributed by atoms with Crippen LogP contribution in [-0.2, 0) is 27.9 Å². The van der Waals surface area contributed by atoms with E-state index in [9.17, 15) is 21.6 Å². The molecule has 0 aliphatic carbocycles. The lowest BCUT2D eigenvalue weighted by Crippen LogP contribution is -2.25. The molecule has 0 saturated heterocycles. The molecule has 0 aliphatic rings. The van der Waals surface area contributed by atoms with Crippen molar-refractivity contribution < 1.29 is 26.4 Å². The van der Waals surface area contributed by atoms with Gasteiger partial charge in [-0.15, -0.1) is 0 Å². The van der Waals surface area contributed by atoms with Gasteiger partial charge >= 0.3 is 6.18 Å². The van der Waals surface area contributed by atoms with Crippen LogP contribution in [0.15, 0.2) is 40.4 Å². The van der Waals surface area contributed by atoms with E-state index in [-0.39, 0.29) is 21.9 Å². The number of imidazole rings is 1. The fourth-order valence-corrected chi connectivity index (χ4v) is 3.90. The zero-order chi connectivity index (χ0) is 23.8. The minimum atomic E-state index is -4.53. The van der Waals surface area contributed by atoms with Crippen LogP contribution in [0.5, 0.6) is 0 Å². The number of aryl methyl sites for hydroxylation is 1. The molecule has 1 aromatic carbocycles. The molecule has 12 heteroatoms. The van der Waals surface area contributed by atoms with Gasteiger partial charge in [0, 0.05) is 27.4 Å². The second-order valence-electron chi connectivity index (χ2n) is 7.24. The van der Waals surface area contributed by atoms with E-state index in [1.54, 1.807) is 33.0 Å². The fourth-order valence-electron chi connectivity index (χ4n) is 3.10. The number of aromatic nitrogens is 3. The molecule has 0 unspecified atom stereocenters. The van der Waals surface area contributed by atoms with E-state index in [2.05, 4.69) is 15.1 Å². The van der Waals surface area contributed by atoms with Gasteiger partial charge in [-0.1, -0.05) is 5.16 Å². The van der Waals surface area contributed by atoms with Crippen LogP contribution < -0.4 is 0 Å². The van der Waals surface area contributed by atoms with E-state index in [1.165, 1.54) is 22.8 Å². The van der Waals surface area contributed by atoms with Crippen LogP contribution in [0.25, 0.3) is 22.6 Å². The summed E-state index contributed by atoms with van der Waals surface area (Å²) in [5, 5.41) is 4.02. The first-order chi connectivity index (χ1) is 14.8. The largest absolute Gasteiger partial charge is 0.416 e. The first kappa shape index (κ1) is 23.5. The van der Waals surface area contributed by atoms with E-state index in [4.69, 9.17) is 4.84 Å². The number of fused-ring (bicyclic) bond motifs is 1. The summed E-state index contributed by atoms with van der Waals surface area (Å²) in [7, 11) is 1.29. The predicted octanol–water partition coefficient (Wildman–Crippen LogP) is 3.32. The summed E-state index contributed by atoms with van der Waals surface area (Å²) < 4.78 is 65.8. The zero-order valence-corrected chi connectivity index (χ0v) is 18.9. The lowest BCUT2D eigenvalue weighted by molar-refractivity contribution is -0.137. The Morgan fingerprint density at radius 2 is 1.88 bits per heavy atom. The van der Waals surface area contributed by atoms with Gasteiger partial charge in [-0.05, 0) is 37.3 Å². The third-order valence-electron chi connectivity index (χ3n) is 4.61. The highest BCUT2D eigenvalue weighted by Gasteiger charge is 2.31. The average molecular weight is 469 g/mol. The van der Waals surface area contributed by atoms with Crippen LogP contribution in [0.1, 0.15) is 18.2 Å². The van der Waals surface area contributed by atoms with Crippen LogP contribution in [0.4, 0.5) is 13.2 Å². The molecule has 8 nitrogen and oxygen atoms in total. The molecule has 0 spiro atoms. The Bertz CT molecular complexity index is 1300. The molecule has 0 saturated carbocycles. The summed E-state index contributed by atoms with van der Waals surface area (Å²) in [4.78, 5) is 15.4. The van der Waals surface area contributed by atoms with Crippen molar-refractivity contribution in [1.82, 2.24) is 19.4 Å². The quantitative estimate of drug-likeness (QED) is 0.324. The molecule has 0 amide bonds. The van der Waals surface area contributed by atoms with Gasteiger partial charge in [-0.3, -0.25) is 0 Å². The minimum Gasteiger partial charge on any atom is -0.394 e. The normalized spacial score (nSPS) is 12.9. The Hall–Kier alpha value is -3.15. The molecule has 0 fully saturated rings. The van der Waals surface area contributed by atoms with Crippen LogP contribution in [0.3, 0.4) is 0 Å². The Morgan fingerprint density at radius 1 is 1.19 bits per heavy atom. The molecule has 0 bridgehead atoms. The molecule has 0 aliphatic heterocycles. The van der Waals surface area contributed by atoms with E-state index < -0.39 is 21.6 Å². The SMILES string of the molecule is CCO/N=C(/c1ccc(S(C)(=O)=O)c(-c2nc3cc(C(F)(F)F)ccc3n2C)n1)N(C)C. The monoisotopic (exact) mass is 469 g/mol. The lowest BCUT2D eigenvalue weighted by Gasteiger charge is -2.16. The number of pyridine rings is 1. The second kappa shape index (κ2) is 8.41. The van der Waals surface area contributed by atoms with Gasteiger partial charge in [0.05, 0.1) is 21.5 Å². The number of rotatable bonds is 5. The van der Waals surface area contributed by atoms with E-state index in [0.29, 0.717) is 23.7 Å². The average Bonchev–Trinajstić information content (AvgIpc) is 3.02. The molecule has 3 rings (SSSR count). The van der Waals surface area contributed by atoms with Crippen LogP contribution in [-0.4, -0.2) is 60.6 Å². The fraction of sp³-hybridized carbons (Fsp3) is 0.350. The highest BCUT2D eigenvalue weighted by Crippen LogP contribution is 2.33. The maximum atomic E-state index is 13.1. The first-order valence-corrected chi connectivity index (χ1v) is 11.4. The van der Waals surface area contributed by atoms with Gasteiger partial charge < -0.3 is 14.3 Å². The number of oxime groups is 1. The summed E-state index contributed by atoms with van der Waals surface area (Å²) in [5.74, 6) is 0.447. The van der Waals surface area contributed by atoms with Crippen molar-refractivity contribution in [3.05, 3.63) is 41.6 Å². The highest BCUT2D eigenvalue weighted by atomic mass is 32.2. The smallest absolute Gasteiger partial charge is 0.394 e. The summed E-state index contributed by atoms with van der Waals surface area (Å²) in [6.45, 7) is 2.08. The number of amidine groups is 1. The van der Waals surface area contributed by atoms with Gasteiger partial charge in [0.2, 0.25) is 0 Å². The molecular weight excluding hydrogens is 447 g/mol. The molecular formula is C20H22F3N5O3S. The molecule has 32 heavy (non-hydrogen) atoms. The summed E-state index contributed by atoms with van der Waals surface area (Å²) in [6.07, 6.45) is -3.50. The van der Waals surface area contributed by atoms with Gasteiger partial charge in [-0.2, -0.15) is 13.2 Å². The van der Waals surface area contributed by atoms with Crippen molar-refractivity contribution in [2.75, 3.05) is 27.0 Å². The standard InChI is InChI=1S/C20H22F3N5O3S/c1-6-31-26-18(27(2)3)13-8-10-16(32(5,29)30)17(24-13)19-25-14-11-12(20(21,22)23)7-9-15(14)28(19)4/h7-11H,6H2,1-5H3/b26-18-. The van der Waals surface area contributed by atoms with Crippen molar-refractivity contribution in [1.29, 1.82) is 0 Å². The molecule has 0 atom stereocenters. The van der Waals surface area contributed by atoms with Gasteiger partial charge in [-0.25, -0.2) is 18.4 Å². The summed E-state index contributed by atoms with van der Waals surface area (Å²) in [6, 6.07) is 6.03. The number of halogens is 3. The Labute approximate surface area is 183 Å². The Morgan fingerprint density at radius 3 is 2.44 bits per heavy atom. The highest BCUT2D eigenvalue weighted by molar-refractivity contribution is 7.90. The molecule has 2 heterocycles. The van der Waals surface area contributed by atoms with Crippen LogP contribution in [0.2, 0.25) is 0 Å². The summed E-state index contributed by atoms with van der Waals surface area (Å²) >= 11 is 0. The molecule has 0 N–H and O–H groups in total. The van der Waals surface area contributed by atoms with Crippen molar-refractivity contribution in [2.45, 2.75) is 18.0 Å².